The van der Waals surface area contributed by atoms with Crippen molar-refractivity contribution in [2.45, 2.75) is 26.7 Å². The van der Waals surface area contributed by atoms with Crippen LogP contribution in [-0.4, -0.2) is 36.7 Å². The second kappa shape index (κ2) is 11.4. The lowest BCUT2D eigenvalue weighted by atomic mass is 9.96. The molecular formula is C29H27ClN4O4. The van der Waals surface area contributed by atoms with E-state index in [-0.39, 0.29) is 28.9 Å². The molecule has 9 heteroatoms. The largest absolute Gasteiger partial charge is 0.496 e. The highest BCUT2D eigenvalue weighted by atomic mass is 35.5. The molecule has 38 heavy (non-hydrogen) atoms. The number of hydrogen-bond donors (Lipinski definition) is 0. The highest BCUT2D eigenvalue weighted by Crippen LogP contribution is 2.36. The third kappa shape index (κ3) is 5.20. The normalized spacial score (nSPS) is 11.2. The Morgan fingerprint density at radius 1 is 1.13 bits per heavy atom. The minimum Gasteiger partial charge on any atom is -0.496 e. The molecule has 0 aliphatic carbocycles. The number of aryl methyl sites for hydroxylation is 1. The fourth-order valence-electron chi connectivity index (χ4n) is 4.16. The summed E-state index contributed by atoms with van der Waals surface area (Å²) in [5, 5.41) is 14.1. The van der Waals surface area contributed by atoms with Gasteiger partial charge < -0.3 is 14.2 Å². The minimum atomic E-state index is -0.310. The van der Waals surface area contributed by atoms with Crippen LogP contribution in [0.3, 0.4) is 0 Å². The van der Waals surface area contributed by atoms with Crippen molar-refractivity contribution in [3.63, 3.8) is 0 Å². The van der Waals surface area contributed by atoms with Gasteiger partial charge in [-0.3, -0.25) is 4.79 Å². The van der Waals surface area contributed by atoms with Crippen LogP contribution < -0.4 is 19.8 Å². The van der Waals surface area contributed by atoms with Gasteiger partial charge >= 0.3 is 0 Å². The van der Waals surface area contributed by atoms with Crippen molar-refractivity contribution < 1.29 is 14.2 Å². The maximum absolute atomic E-state index is 13.6. The number of para-hydroxylation sites is 1. The first-order chi connectivity index (χ1) is 18.3. The Labute approximate surface area is 225 Å². The monoisotopic (exact) mass is 530 g/mol. The Balaban J connectivity index is 1.93. The van der Waals surface area contributed by atoms with Crippen molar-refractivity contribution in [1.29, 1.82) is 5.26 Å². The van der Waals surface area contributed by atoms with Gasteiger partial charge in [-0.05, 0) is 65.9 Å². The SMILES string of the molecule is COc1cc(C)c(-c2nc3ccccc3c(=O)n2N=Cc2cc(Cl)c(OCC#N)c(OC)c2)cc1C(C)C. The third-order valence-corrected chi connectivity index (χ3v) is 6.33. The molecule has 0 atom stereocenters. The van der Waals surface area contributed by atoms with Gasteiger partial charge in [-0.2, -0.15) is 15.0 Å². The Kier molecular flexibility index (Phi) is 7.99. The quantitative estimate of drug-likeness (QED) is 0.261. The van der Waals surface area contributed by atoms with Crippen LogP contribution in [0.15, 0.2) is 58.4 Å². The average Bonchev–Trinajstić information content (AvgIpc) is 2.91. The van der Waals surface area contributed by atoms with E-state index in [1.54, 1.807) is 37.4 Å². The number of nitriles is 1. The molecule has 0 aliphatic heterocycles. The van der Waals surface area contributed by atoms with Crippen LogP contribution >= 0.6 is 11.6 Å². The second-order valence-corrected chi connectivity index (χ2v) is 9.27. The van der Waals surface area contributed by atoms with Crippen LogP contribution in [0.4, 0.5) is 0 Å². The number of halogens is 1. The lowest BCUT2D eigenvalue weighted by Crippen LogP contribution is -2.20. The molecule has 0 fully saturated rings. The smallest absolute Gasteiger partial charge is 0.282 e. The van der Waals surface area contributed by atoms with Crippen molar-refractivity contribution in [1.82, 2.24) is 9.66 Å². The molecule has 0 aliphatic rings. The topological polar surface area (TPSA) is 98.7 Å². The van der Waals surface area contributed by atoms with Crippen molar-refractivity contribution >= 4 is 28.7 Å². The Morgan fingerprint density at radius 2 is 1.87 bits per heavy atom. The summed E-state index contributed by atoms with van der Waals surface area (Å²) in [5.41, 5.74) is 3.48. The first-order valence-corrected chi connectivity index (χ1v) is 12.3. The Hall–Kier alpha value is -4.35. The predicted molar refractivity (Wildman–Crippen MR) is 149 cm³/mol. The zero-order valence-electron chi connectivity index (χ0n) is 21.8. The molecular weight excluding hydrogens is 504 g/mol. The van der Waals surface area contributed by atoms with Gasteiger partial charge in [0.15, 0.2) is 23.9 Å². The molecule has 0 N–H and O–H groups in total. The molecule has 3 aromatic carbocycles. The van der Waals surface area contributed by atoms with Crippen LogP contribution in [0.2, 0.25) is 5.02 Å². The summed E-state index contributed by atoms with van der Waals surface area (Å²) < 4.78 is 17.7. The van der Waals surface area contributed by atoms with Crippen LogP contribution in [0.1, 0.15) is 36.5 Å². The zero-order chi connectivity index (χ0) is 27.4. The van der Waals surface area contributed by atoms with Gasteiger partial charge in [-0.1, -0.05) is 37.6 Å². The Bertz CT molecular complexity index is 1640. The van der Waals surface area contributed by atoms with Crippen LogP contribution in [0, 0.1) is 18.3 Å². The standard InChI is InChI=1S/C29H27ClN4O4/c1-17(2)21-15-22(18(3)12-25(21)36-4)28-33-24-9-7-6-8-20(24)29(35)34(28)32-16-19-13-23(30)27(38-11-10-31)26(14-19)37-5/h6-9,12-17H,11H2,1-5H3. The van der Waals surface area contributed by atoms with Gasteiger partial charge in [0.05, 0.1) is 36.4 Å². The molecule has 0 saturated carbocycles. The van der Waals surface area contributed by atoms with E-state index in [4.69, 9.17) is 36.1 Å². The van der Waals surface area contributed by atoms with Crippen molar-refractivity contribution in [3.8, 4) is 34.7 Å². The van der Waals surface area contributed by atoms with E-state index in [0.29, 0.717) is 28.0 Å². The van der Waals surface area contributed by atoms with Gasteiger partial charge in [-0.15, -0.1) is 0 Å². The first-order valence-electron chi connectivity index (χ1n) is 11.9. The molecule has 4 rings (SSSR count). The van der Waals surface area contributed by atoms with Crippen LogP contribution in [-0.2, 0) is 0 Å². The van der Waals surface area contributed by atoms with E-state index in [1.165, 1.54) is 18.0 Å². The summed E-state index contributed by atoms with van der Waals surface area (Å²) in [4.78, 5) is 18.5. The van der Waals surface area contributed by atoms with Crippen molar-refractivity contribution in [2.75, 3.05) is 20.8 Å². The molecule has 0 spiro atoms. The number of methoxy groups -OCH3 is 2. The van der Waals surface area contributed by atoms with Crippen molar-refractivity contribution in [2.24, 2.45) is 5.10 Å². The summed E-state index contributed by atoms with van der Waals surface area (Å²) in [7, 11) is 3.12. The van der Waals surface area contributed by atoms with E-state index < -0.39 is 0 Å². The number of fused-ring (bicyclic) bond motifs is 1. The third-order valence-electron chi connectivity index (χ3n) is 6.05. The van der Waals surface area contributed by atoms with Gasteiger partial charge in [0.25, 0.3) is 5.56 Å². The lowest BCUT2D eigenvalue weighted by Gasteiger charge is -2.17. The zero-order valence-corrected chi connectivity index (χ0v) is 22.5. The predicted octanol–water partition coefficient (Wildman–Crippen LogP) is 5.95. The molecule has 0 bridgehead atoms. The van der Waals surface area contributed by atoms with Gasteiger partial charge in [-0.25, -0.2) is 4.98 Å². The molecule has 1 aromatic heterocycles. The van der Waals surface area contributed by atoms with Crippen molar-refractivity contribution in [3.05, 3.63) is 80.6 Å². The fraction of sp³-hybridized carbons (Fsp3) is 0.241. The summed E-state index contributed by atoms with van der Waals surface area (Å²) in [6.45, 7) is 5.93. The van der Waals surface area contributed by atoms with Gasteiger partial charge in [0.2, 0.25) is 0 Å². The number of ether oxygens (including phenoxy) is 3. The minimum absolute atomic E-state index is 0.176. The molecule has 0 saturated heterocycles. The summed E-state index contributed by atoms with van der Waals surface area (Å²) >= 11 is 6.39. The molecule has 194 valence electrons. The highest BCUT2D eigenvalue weighted by molar-refractivity contribution is 6.32. The number of nitrogens with zero attached hydrogens (tertiary/aromatic N) is 4. The lowest BCUT2D eigenvalue weighted by molar-refractivity contribution is 0.330. The second-order valence-electron chi connectivity index (χ2n) is 8.86. The van der Waals surface area contributed by atoms with E-state index in [9.17, 15) is 4.79 Å². The van der Waals surface area contributed by atoms with Crippen LogP contribution in [0.25, 0.3) is 22.3 Å². The number of benzene rings is 3. The van der Waals surface area contributed by atoms with Gasteiger partial charge in [0, 0.05) is 5.56 Å². The number of rotatable bonds is 8. The molecule has 4 aromatic rings. The summed E-state index contributed by atoms with van der Waals surface area (Å²) in [6, 6.07) is 16.3. The maximum Gasteiger partial charge on any atom is 0.282 e. The first kappa shape index (κ1) is 26.7. The average molecular weight is 531 g/mol. The fourth-order valence-corrected chi connectivity index (χ4v) is 4.43. The molecule has 1 heterocycles. The van der Waals surface area contributed by atoms with E-state index in [1.807, 2.05) is 31.2 Å². The summed E-state index contributed by atoms with van der Waals surface area (Å²) in [5.74, 6) is 1.96. The maximum atomic E-state index is 13.6. The number of aromatic nitrogens is 2. The Morgan fingerprint density at radius 3 is 2.55 bits per heavy atom. The molecule has 8 nitrogen and oxygen atoms in total. The summed E-state index contributed by atoms with van der Waals surface area (Å²) in [6.07, 6.45) is 1.51. The van der Waals surface area contributed by atoms with E-state index >= 15 is 0 Å². The number of hydrogen-bond acceptors (Lipinski definition) is 7. The van der Waals surface area contributed by atoms with Crippen LogP contribution in [0.5, 0.6) is 17.2 Å². The molecule has 0 amide bonds. The molecule has 0 unspecified atom stereocenters. The molecule has 0 radical (unpaired) electrons. The van der Waals surface area contributed by atoms with E-state index in [0.717, 1.165) is 22.4 Å². The highest BCUT2D eigenvalue weighted by Gasteiger charge is 2.18. The van der Waals surface area contributed by atoms with Gasteiger partial charge in [0.1, 0.15) is 11.8 Å². The van der Waals surface area contributed by atoms with E-state index in [2.05, 4.69) is 18.9 Å².